The number of nitrogens with zero attached hydrogens (tertiary/aromatic N) is 2. The zero-order chi connectivity index (χ0) is 54.5. The van der Waals surface area contributed by atoms with Gasteiger partial charge in [0, 0.05) is 23.7 Å². The Hall–Kier alpha value is -4.35. The Labute approximate surface area is 496 Å². The van der Waals surface area contributed by atoms with Crippen molar-refractivity contribution in [1.82, 2.24) is 9.80 Å². The van der Waals surface area contributed by atoms with Crippen LogP contribution < -0.4 is 25.4 Å². The number of hydrogen-bond donors (Lipinski definition) is 2. The van der Waals surface area contributed by atoms with Gasteiger partial charge in [-0.15, -0.1) is 0 Å². The second kappa shape index (κ2) is 31.3. The largest absolute Gasteiger partial charge is 0.494 e. The standard InChI is InChI=1S/C20H19Br2NO3.C20H21NO5.C18H15P.CBr4/c21-12-14-9-15(13-22)11-16(10-14)26-8-4-3-7-23-19(24)17-5-1-2-6-18(17)20(23)25;22-12-14-9-15(13-23)11-16(10-14)26-8-4-3-7-21-19(24)17-5-1-2-6-18(17)20(21)25;1-4-10-16(11-5-1)19(17-12-6-2-7-13-17)18-14-8-3-9-15-18;2-1(3,4)5/h1-2,5-6,9-11H,3-4,7-8,12-13H2;1-2,5-6,9-11,22-23H,3-4,7-8,12-13H2;1-15H;. The lowest BCUT2D eigenvalue weighted by Gasteiger charge is -2.18. The third-order valence-corrected chi connectivity index (χ3v) is 15.4. The summed E-state index contributed by atoms with van der Waals surface area (Å²) in [5.74, 6) is 0.556. The number of aliphatic hydroxyl groups is 2. The molecule has 76 heavy (non-hydrogen) atoms. The molecular weight excluding hydrogens is 1380 g/mol. The Balaban J connectivity index is 0.000000179. The molecule has 0 spiro atoms. The molecule has 7 aromatic carbocycles. The fraction of sp³-hybridized carbons (Fsp3) is 0.220. The summed E-state index contributed by atoms with van der Waals surface area (Å²) >= 11 is 19.4. The van der Waals surface area contributed by atoms with Gasteiger partial charge < -0.3 is 19.7 Å². The minimum Gasteiger partial charge on any atom is -0.494 e. The van der Waals surface area contributed by atoms with Crippen LogP contribution in [-0.2, 0) is 23.9 Å². The van der Waals surface area contributed by atoms with E-state index in [9.17, 15) is 29.4 Å². The lowest BCUT2D eigenvalue weighted by atomic mass is 10.1. The first-order valence-electron chi connectivity index (χ1n) is 24.2. The van der Waals surface area contributed by atoms with E-state index in [4.69, 9.17) is 9.47 Å². The fourth-order valence-electron chi connectivity index (χ4n) is 8.15. The summed E-state index contributed by atoms with van der Waals surface area (Å²) in [6.45, 7) is 1.51. The number of unbranched alkanes of at least 4 members (excludes halogenated alkanes) is 2. The third-order valence-electron chi connectivity index (χ3n) is 11.6. The monoisotopic (exact) mass is 1420 g/mol. The Morgan fingerprint density at radius 1 is 0.408 bits per heavy atom. The minimum atomic E-state index is -0.446. The van der Waals surface area contributed by atoms with Crippen LogP contribution in [0.15, 0.2) is 176 Å². The maximum atomic E-state index is 12.3. The molecule has 0 bridgehead atoms. The predicted octanol–water partition coefficient (Wildman–Crippen LogP) is 13.7. The maximum absolute atomic E-state index is 12.3. The highest BCUT2D eigenvalue weighted by atomic mass is 80.0. The van der Waals surface area contributed by atoms with Crippen molar-refractivity contribution in [1.29, 1.82) is 0 Å². The van der Waals surface area contributed by atoms with Crippen molar-refractivity contribution in [2.24, 2.45) is 0 Å². The number of fused-ring (bicyclic) bond motifs is 2. The number of benzene rings is 7. The molecule has 17 heteroatoms. The van der Waals surface area contributed by atoms with Crippen LogP contribution >= 0.6 is 104 Å². The van der Waals surface area contributed by atoms with E-state index in [2.05, 4.69) is 193 Å². The van der Waals surface area contributed by atoms with E-state index >= 15 is 0 Å². The van der Waals surface area contributed by atoms with E-state index < -0.39 is 7.92 Å². The van der Waals surface area contributed by atoms with Gasteiger partial charge in [-0.1, -0.05) is 159 Å². The van der Waals surface area contributed by atoms with E-state index in [1.807, 2.05) is 12.1 Å². The molecule has 0 saturated carbocycles. The summed E-state index contributed by atoms with van der Waals surface area (Å²) in [5.41, 5.74) is 5.63. The molecule has 2 aliphatic heterocycles. The Morgan fingerprint density at radius 3 is 0.974 bits per heavy atom. The molecule has 0 aliphatic carbocycles. The van der Waals surface area contributed by atoms with Gasteiger partial charge in [0.05, 0.1) is 48.7 Å². The van der Waals surface area contributed by atoms with E-state index in [1.54, 1.807) is 66.7 Å². The lowest BCUT2D eigenvalue weighted by Crippen LogP contribution is -2.30. The molecule has 9 rings (SSSR count). The van der Waals surface area contributed by atoms with Gasteiger partial charge in [-0.3, -0.25) is 29.0 Å². The van der Waals surface area contributed by atoms with Gasteiger partial charge in [0.1, 0.15) is 11.5 Å². The first kappa shape index (κ1) is 60.9. The zero-order valence-electron chi connectivity index (χ0n) is 41.2. The average Bonchev–Trinajstić information content (AvgIpc) is 3.83. The second-order valence-corrected chi connectivity index (χ2v) is 31.5. The number of carbonyl (C=O) groups excluding carboxylic acids is 4. The topological polar surface area (TPSA) is 134 Å². The van der Waals surface area contributed by atoms with Gasteiger partial charge in [0.2, 0.25) is 0 Å². The van der Waals surface area contributed by atoms with Crippen LogP contribution in [0.3, 0.4) is 0 Å². The maximum Gasteiger partial charge on any atom is 0.261 e. The number of halogens is 6. The molecule has 0 aromatic heterocycles. The minimum absolute atomic E-state index is 0.121. The highest BCUT2D eigenvalue weighted by Gasteiger charge is 2.35. The van der Waals surface area contributed by atoms with Crippen molar-refractivity contribution >= 4 is 143 Å². The zero-order valence-corrected chi connectivity index (χ0v) is 51.6. The number of aliphatic hydroxyl groups excluding tert-OH is 2. The summed E-state index contributed by atoms with van der Waals surface area (Å²) in [7, 11) is -0.446. The quantitative estimate of drug-likeness (QED) is 0.0354. The number of carbonyl (C=O) groups is 4. The number of hydrogen-bond acceptors (Lipinski definition) is 8. The molecule has 0 unspecified atom stereocenters. The summed E-state index contributed by atoms with van der Waals surface area (Å²) in [5, 5.41) is 24.2. The molecule has 2 aliphatic rings. The van der Waals surface area contributed by atoms with Gasteiger partial charge >= 0.3 is 0 Å². The van der Waals surface area contributed by atoms with Crippen LogP contribution in [0.2, 0.25) is 0 Å². The van der Waals surface area contributed by atoms with Gasteiger partial charge in [-0.25, -0.2) is 0 Å². The summed E-state index contributed by atoms with van der Waals surface area (Å²) in [4.78, 5) is 51.7. The Bertz CT molecular complexity index is 2650. The Kier molecular flexibility index (Phi) is 25.1. The average molecular weight is 1430 g/mol. The number of amides is 4. The van der Waals surface area contributed by atoms with E-state index in [-0.39, 0.29) is 37.9 Å². The number of imide groups is 2. The van der Waals surface area contributed by atoms with E-state index in [0.717, 1.165) is 29.3 Å². The SMILES string of the molecule is BrC(Br)(Br)Br.O=C1c2ccccc2C(=O)N1CCCCOc1cc(CBr)cc(CBr)c1.O=C1c2ccccc2C(=O)N1CCCCOc1cc(CO)cc(CO)c1.c1ccc(P(c2ccccc2)c2ccccc2)cc1. The van der Waals surface area contributed by atoms with E-state index in [1.165, 1.54) is 36.8 Å². The van der Waals surface area contributed by atoms with Crippen LogP contribution in [0.1, 0.15) is 89.4 Å². The van der Waals surface area contributed by atoms with Gasteiger partial charge in [-0.2, -0.15) is 0 Å². The van der Waals surface area contributed by atoms with Gasteiger partial charge in [0.25, 0.3) is 23.6 Å². The Morgan fingerprint density at radius 2 is 0.684 bits per heavy atom. The van der Waals surface area contributed by atoms with Crippen LogP contribution in [0.25, 0.3) is 0 Å². The predicted molar refractivity (Wildman–Crippen MR) is 327 cm³/mol. The highest BCUT2D eigenvalue weighted by molar-refractivity contribution is 9.52. The second-order valence-electron chi connectivity index (χ2n) is 17.1. The first-order chi connectivity index (χ1) is 36.7. The number of ether oxygens (including phenoxy) is 2. The molecule has 2 N–H and O–H groups in total. The van der Waals surface area contributed by atoms with Crippen molar-refractivity contribution in [3.05, 3.63) is 220 Å². The molecule has 2 heterocycles. The lowest BCUT2D eigenvalue weighted by molar-refractivity contribution is 0.0634. The molecular formula is C59H55Br6N2O8P. The molecule has 396 valence electrons. The van der Waals surface area contributed by atoms with Crippen molar-refractivity contribution in [3.63, 3.8) is 0 Å². The molecule has 0 saturated heterocycles. The molecule has 0 radical (unpaired) electrons. The normalized spacial score (nSPS) is 12.5. The van der Waals surface area contributed by atoms with Gasteiger partial charge in [0.15, 0.2) is 1.05 Å². The fourth-order valence-corrected chi connectivity index (χ4v) is 11.1. The summed E-state index contributed by atoms with van der Waals surface area (Å²) in [6.07, 6.45) is 2.80. The van der Waals surface area contributed by atoms with Crippen LogP contribution in [-0.4, -0.2) is 71.0 Å². The molecule has 7 aromatic rings. The number of alkyl halides is 6. The summed E-state index contributed by atoms with van der Waals surface area (Å²) in [6, 6.07) is 57.5. The van der Waals surface area contributed by atoms with Crippen LogP contribution in [0.4, 0.5) is 0 Å². The third kappa shape index (κ3) is 18.4. The van der Waals surface area contributed by atoms with Crippen LogP contribution in [0.5, 0.6) is 11.5 Å². The van der Waals surface area contributed by atoms with Crippen LogP contribution in [0, 0.1) is 0 Å². The first-order valence-corrected chi connectivity index (χ1v) is 30.9. The molecule has 0 fully saturated rings. The van der Waals surface area contributed by atoms with Crippen molar-refractivity contribution in [3.8, 4) is 11.5 Å². The molecule has 0 atom stereocenters. The molecule has 4 amide bonds. The smallest absolute Gasteiger partial charge is 0.261 e. The van der Waals surface area contributed by atoms with Gasteiger partial charge in [-0.05, 0) is 184 Å². The number of rotatable bonds is 19. The summed E-state index contributed by atoms with van der Waals surface area (Å²) < 4.78 is 11.3. The molecule has 10 nitrogen and oxygen atoms in total. The van der Waals surface area contributed by atoms with Crippen molar-refractivity contribution in [2.45, 2.75) is 50.6 Å². The van der Waals surface area contributed by atoms with Crippen molar-refractivity contribution < 1.29 is 38.9 Å². The van der Waals surface area contributed by atoms with Crippen molar-refractivity contribution in [2.75, 3.05) is 26.3 Å². The highest BCUT2D eigenvalue weighted by Crippen LogP contribution is 2.39. The van der Waals surface area contributed by atoms with E-state index in [0.29, 0.717) is 78.3 Å².